The summed E-state index contributed by atoms with van der Waals surface area (Å²) in [5, 5.41) is 8.45. The monoisotopic (exact) mass is 308 g/mol. The molecule has 0 bridgehead atoms. The molecule has 1 N–H and O–H groups in total. The van der Waals surface area contributed by atoms with E-state index in [0.29, 0.717) is 18.1 Å². The number of carbonyl (C=O) groups is 1. The number of carboxylic acids is 1. The molecule has 116 valence electrons. The molecule has 2 aromatic rings. The van der Waals surface area contributed by atoms with E-state index in [2.05, 4.69) is 0 Å². The van der Waals surface area contributed by atoms with Crippen molar-refractivity contribution in [3.63, 3.8) is 0 Å². The van der Waals surface area contributed by atoms with E-state index >= 15 is 0 Å². The van der Waals surface area contributed by atoms with E-state index in [1.54, 1.807) is 0 Å². The van der Waals surface area contributed by atoms with Gasteiger partial charge < -0.3 is 14.6 Å². The van der Waals surface area contributed by atoms with E-state index < -0.39 is 17.5 Å². The first-order valence-electron chi connectivity index (χ1n) is 6.52. The third kappa shape index (κ3) is 3.94. The Labute approximate surface area is 125 Å². The van der Waals surface area contributed by atoms with Gasteiger partial charge in [0.15, 0.2) is 0 Å². The van der Waals surface area contributed by atoms with Crippen molar-refractivity contribution in [2.75, 3.05) is 13.2 Å². The molecule has 0 unspecified atom stereocenters. The second kappa shape index (κ2) is 6.89. The van der Waals surface area contributed by atoms with E-state index in [-0.39, 0.29) is 6.61 Å². The van der Waals surface area contributed by atoms with Crippen LogP contribution in [0.1, 0.15) is 5.56 Å². The minimum absolute atomic E-state index is 0.240. The number of alkyl halides is 2. The molecule has 0 heterocycles. The van der Waals surface area contributed by atoms with Crippen molar-refractivity contribution in [1.82, 2.24) is 0 Å². The van der Waals surface area contributed by atoms with E-state index in [0.717, 1.165) is 12.1 Å². The molecule has 0 atom stereocenters. The molecular formula is C16H14F2O4. The van der Waals surface area contributed by atoms with Crippen LogP contribution in [0.5, 0.6) is 11.5 Å². The van der Waals surface area contributed by atoms with Gasteiger partial charge in [0.2, 0.25) is 0 Å². The summed E-state index contributed by atoms with van der Waals surface area (Å²) in [6.07, 6.45) is 0. The molecule has 4 nitrogen and oxygen atoms in total. The van der Waals surface area contributed by atoms with Crippen LogP contribution < -0.4 is 9.47 Å². The van der Waals surface area contributed by atoms with Gasteiger partial charge in [0.1, 0.15) is 24.7 Å². The minimum Gasteiger partial charge on any atom is -0.490 e. The number of carboxylic acid groups (broad SMARTS) is 1. The Bertz CT molecular complexity index is 612. The van der Waals surface area contributed by atoms with Crippen molar-refractivity contribution in [3.05, 3.63) is 60.2 Å². The second-order valence-corrected chi connectivity index (χ2v) is 4.41. The molecule has 0 saturated heterocycles. The molecule has 0 aromatic heterocycles. The summed E-state index contributed by atoms with van der Waals surface area (Å²) in [5.74, 6) is -5.02. The Morgan fingerprint density at radius 1 is 0.909 bits per heavy atom. The molecule has 0 amide bonds. The Morgan fingerprint density at radius 3 is 1.91 bits per heavy atom. The minimum atomic E-state index is -3.91. The van der Waals surface area contributed by atoms with Gasteiger partial charge in [-0.3, -0.25) is 0 Å². The van der Waals surface area contributed by atoms with Crippen molar-refractivity contribution in [3.8, 4) is 11.5 Å². The molecule has 2 rings (SSSR count). The Morgan fingerprint density at radius 2 is 1.41 bits per heavy atom. The van der Waals surface area contributed by atoms with Crippen molar-refractivity contribution in [2.45, 2.75) is 5.92 Å². The average molecular weight is 308 g/mol. The van der Waals surface area contributed by atoms with Crippen LogP contribution in [-0.2, 0) is 10.7 Å². The number of hydrogen-bond donors (Lipinski definition) is 1. The van der Waals surface area contributed by atoms with Crippen LogP contribution in [0.15, 0.2) is 54.6 Å². The van der Waals surface area contributed by atoms with Gasteiger partial charge in [0.05, 0.1) is 0 Å². The van der Waals surface area contributed by atoms with Gasteiger partial charge in [-0.2, -0.15) is 8.78 Å². The van der Waals surface area contributed by atoms with Crippen molar-refractivity contribution in [2.24, 2.45) is 0 Å². The summed E-state index contributed by atoms with van der Waals surface area (Å²) in [4.78, 5) is 10.5. The highest BCUT2D eigenvalue weighted by molar-refractivity contribution is 5.77. The lowest BCUT2D eigenvalue weighted by atomic mass is 10.1. The number of ether oxygens (including phenoxy) is 2. The molecule has 6 heteroatoms. The van der Waals surface area contributed by atoms with E-state index in [1.165, 1.54) is 12.1 Å². The van der Waals surface area contributed by atoms with Crippen LogP contribution in [0.2, 0.25) is 0 Å². The quantitative estimate of drug-likeness (QED) is 0.797. The molecule has 0 aliphatic carbocycles. The normalized spacial score (nSPS) is 11.0. The molecule has 0 radical (unpaired) electrons. The van der Waals surface area contributed by atoms with E-state index in [4.69, 9.17) is 14.6 Å². The number of benzene rings is 2. The lowest BCUT2D eigenvalue weighted by Crippen LogP contribution is -2.25. The number of hydrogen-bond acceptors (Lipinski definition) is 3. The SMILES string of the molecule is O=C(O)C(F)(F)c1ccc(OCCOc2ccccc2)cc1. The zero-order valence-electron chi connectivity index (χ0n) is 11.5. The molecule has 2 aromatic carbocycles. The molecule has 0 aliphatic heterocycles. The highest BCUT2D eigenvalue weighted by atomic mass is 19.3. The standard InChI is InChI=1S/C16H14F2O4/c17-16(18,15(19)20)12-6-8-14(9-7-12)22-11-10-21-13-4-2-1-3-5-13/h1-9H,10-11H2,(H,19,20). The predicted molar refractivity (Wildman–Crippen MR) is 75.4 cm³/mol. The van der Waals surface area contributed by atoms with E-state index in [1.807, 2.05) is 30.3 Å². The summed E-state index contributed by atoms with van der Waals surface area (Å²) < 4.78 is 37.2. The highest BCUT2D eigenvalue weighted by Crippen LogP contribution is 2.29. The fraction of sp³-hybridized carbons (Fsp3) is 0.188. The van der Waals surface area contributed by atoms with Gasteiger partial charge >= 0.3 is 11.9 Å². The van der Waals surface area contributed by atoms with Crippen LogP contribution in [0.25, 0.3) is 0 Å². The summed E-state index contributed by atoms with van der Waals surface area (Å²) in [7, 11) is 0. The predicted octanol–water partition coefficient (Wildman–Crippen LogP) is 3.32. The number of para-hydroxylation sites is 1. The summed E-state index contributed by atoms with van der Waals surface area (Å²) >= 11 is 0. The smallest absolute Gasteiger partial charge is 0.379 e. The number of halogens is 2. The third-order valence-corrected chi connectivity index (χ3v) is 2.85. The maximum atomic E-state index is 13.2. The maximum Gasteiger partial charge on any atom is 0.379 e. The topological polar surface area (TPSA) is 55.8 Å². The Balaban J connectivity index is 1.83. The highest BCUT2D eigenvalue weighted by Gasteiger charge is 2.40. The van der Waals surface area contributed by atoms with Crippen molar-refractivity contribution >= 4 is 5.97 Å². The lowest BCUT2D eigenvalue weighted by molar-refractivity contribution is -0.166. The van der Waals surface area contributed by atoms with Gasteiger partial charge in [-0.05, 0) is 36.4 Å². The molecule has 0 aliphatic rings. The summed E-state index contributed by atoms with van der Waals surface area (Å²) in [6.45, 7) is 0.542. The largest absolute Gasteiger partial charge is 0.490 e. The zero-order chi connectivity index (χ0) is 16.0. The zero-order valence-corrected chi connectivity index (χ0v) is 11.5. The van der Waals surface area contributed by atoms with Gasteiger partial charge in [-0.15, -0.1) is 0 Å². The molecular weight excluding hydrogens is 294 g/mol. The van der Waals surface area contributed by atoms with Gasteiger partial charge in [0.25, 0.3) is 0 Å². The van der Waals surface area contributed by atoms with Crippen molar-refractivity contribution < 1.29 is 28.2 Å². The van der Waals surface area contributed by atoms with Crippen LogP contribution in [0.3, 0.4) is 0 Å². The van der Waals surface area contributed by atoms with Gasteiger partial charge in [-0.1, -0.05) is 18.2 Å². The lowest BCUT2D eigenvalue weighted by Gasteiger charge is -2.12. The van der Waals surface area contributed by atoms with Crippen LogP contribution >= 0.6 is 0 Å². The summed E-state index contributed by atoms with van der Waals surface area (Å²) in [5.41, 5.74) is -0.590. The fourth-order valence-electron chi connectivity index (χ4n) is 1.72. The van der Waals surface area contributed by atoms with Crippen LogP contribution in [-0.4, -0.2) is 24.3 Å². The molecule has 0 spiro atoms. The Hall–Kier alpha value is -2.63. The first-order chi connectivity index (χ1) is 10.5. The molecule has 22 heavy (non-hydrogen) atoms. The fourth-order valence-corrected chi connectivity index (χ4v) is 1.72. The molecule has 0 saturated carbocycles. The van der Waals surface area contributed by atoms with E-state index in [9.17, 15) is 13.6 Å². The van der Waals surface area contributed by atoms with Crippen LogP contribution in [0.4, 0.5) is 8.78 Å². The maximum absolute atomic E-state index is 13.2. The molecule has 0 fully saturated rings. The van der Waals surface area contributed by atoms with Crippen LogP contribution in [0, 0.1) is 0 Å². The second-order valence-electron chi connectivity index (χ2n) is 4.41. The first-order valence-corrected chi connectivity index (χ1v) is 6.52. The number of aliphatic carboxylic acids is 1. The Kier molecular flexibility index (Phi) is 4.93. The third-order valence-electron chi connectivity index (χ3n) is 2.85. The summed E-state index contributed by atoms with van der Waals surface area (Å²) in [6, 6.07) is 13.8. The van der Waals surface area contributed by atoms with Gasteiger partial charge in [0, 0.05) is 5.56 Å². The average Bonchev–Trinajstić information content (AvgIpc) is 2.53. The van der Waals surface area contributed by atoms with Gasteiger partial charge in [-0.25, -0.2) is 4.79 Å². The van der Waals surface area contributed by atoms with Crippen molar-refractivity contribution in [1.29, 1.82) is 0 Å². The first kappa shape index (κ1) is 15.8. The number of rotatable bonds is 7.